The SMILES string of the molecule is Cc1ccc(OC(=O)CCCCl)cc1. The van der Waals surface area contributed by atoms with Crippen molar-refractivity contribution in [2.24, 2.45) is 0 Å². The molecule has 0 saturated carbocycles. The van der Waals surface area contributed by atoms with Crippen molar-refractivity contribution in [1.82, 2.24) is 0 Å². The highest BCUT2D eigenvalue weighted by molar-refractivity contribution is 6.17. The number of carbonyl (C=O) groups is 1. The first-order valence-electron chi connectivity index (χ1n) is 4.55. The van der Waals surface area contributed by atoms with E-state index in [1.807, 2.05) is 19.1 Å². The standard InChI is InChI=1S/C11H13ClO2/c1-9-4-6-10(7-5-9)14-11(13)3-2-8-12/h4-7H,2-3,8H2,1H3. The van der Waals surface area contributed by atoms with Gasteiger partial charge in [-0.15, -0.1) is 11.6 Å². The van der Waals surface area contributed by atoms with Crippen molar-refractivity contribution in [2.45, 2.75) is 19.8 Å². The van der Waals surface area contributed by atoms with E-state index in [-0.39, 0.29) is 5.97 Å². The quantitative estimate of drug-likeness (QED) is 0.436. The molecule has 0 heterocycles. The number of halogens is 1. The summed E-state index contributed by atoms with van der Waals surface area (Å²) < 4.78 is 5.07. The van der Waals surface area contributed by atoms with Gasteiger partial charge in [0, 0.05) is 12.3 Å². The van der Waals surface area contributed by atoms with Crippen LogP contribution in [0.2, 0.25) is 0 Å². The molecule has 0 aliphatic heterocycles. The Kier molecular flexibility index (Phi) is 4.47. The minimum absolute atomic E-state index is 0.227. The third kappa shape index (κ3) is 3.79. The zero-order chi connectivity index (χ0) is 10.4. The molecule has 2 nitrogen and oxygen atoms in total. The van der Waals surface area contributed by atoms with Gasteiger partial charge in [-0.2, -0.15) is 0 Å². The van der Waals surface area contributed by atoms with E-state index in [9.17, 15) is 4.79 Å². The second kappa shape index (κ2) is 5.66. The largest absolute Gasteiger partial charge is 0.427 e. The summed E-state index contributed by atoms with van der Waals surface area (Å²) >= 11 is 5.46. The van der Waals surface area contributed by atoms with Gasteiger partial charge in [-0.1, -0.05) is 17.7 Å². The second-order valence-corrected chi connectivity index (χ2v) is 3.46. The van der Waals surface area contributed by atoms with Crippen LogP contribution in [0.4, 0.5) is 0 Å². The van der Waals surface area contributed by atoms with E-state index in [1.54, 1.807) is 12.1 Å². The molecule has 0 amide bonds. The molecule has 0 aliphatic carbocycles. The van der Waals surface area contributed by atoms with E-state index in [4.69, 9.17) is 16.3 Å². The van der Waals surface area contributed by atoms with Gasteiger partial charge in [0.25, 0.3) is 0 Å². The van der Waals surface area contributed by atoms with E-state index in [0.29, 0.717) is 24.5 Å². The summed E-state index contributed by atoms with van der Waals surface area (Å²) in [6, 6.07) is 7.39. The van der Waals surface area contributed by atoms with Gasteiger partial charge in [0.05, 0.1) is 0 Å². The molecule has 3 heteroatoms. The van der Waals surface area contributed by atoms with Crippen LogP contribution in [-0.4, -0.2) is 11.8 Å². The molecule has 76 valence electrons. The lowest BCUT2D eigenvalue weighted by Gasteiger charge is -2.03. The Morgan fingerprint density at radius 3 is 2.57 bits per heavy atom. The zero-order valence-electron chi connectivity index (χ0n) is 8.13. The molecule has 0 atom stereocenters. The number of benzene rings is 1. The highest BCUT2D eigenvalue weighted by Gasteiger charge is 2.03. The molecule has 1 rings (SSSR count). The average molecular weight is 213 g/mol. The first-order chi connectivity index (χ1) is 6.72. The highest BCUT2D eigenvalue weighted by atomic mass is 35.5. The van der Waals surface area contributed by atoms with Gasteiger partial charge < -0.3 is 4.74 Å². The Labute approximate surface area is 88.8 Å². The van der Waals surface area contributed by atoms with Crippen molar-refractivity contribution < 1.29 is 9.53 Å². The molecule has 0 N–H and O–H groups in total. The Morgan fingerprint density at radius 2 is 2.00 bits per heavy atom. The summed E-state index contributed by atoms with van der Waals surface area (Å²) in [6.45, 7) is 1.99. The minimum atomic E-state index is -0.227. The Hall–Kier alpha value is -1.02. The molecule has 0 fully saturated rings. The number of aryl methyl sites for hydroxylation is 1. The normalized spacial score (nSPS) is 9.86. The van der Waals surface area contributed by atoms with E-state index in [0.717, 1.165) is 5.56 Å². The van der Waals surface area contributed by atoms with Crippen LogP contribution in [0.3, 0.4) is 0 Å². The summed E-state index contributed by atoms with van der Waals surface area (Å²) in [4.78, 5) is 11.2. The first-order valence-corrected chi connectivity index (χ1v) is 5.09. The van der Waals surface area contributed by atoms with E-state index < -0.39 is 0 Å². The lowest BCUT2D eigenvalue weighted by molar-refractivity contribution is -0.134. The first kappa shape index (κ1) is 11.1. The topological polar surface area (TPSA) is 26.3 Å². The van der Waals surface area contributed by atoms with Gasteiger partial charge in [0.15, 0.2) is 0 Å². The molecular weight excluding hydrogens is 200 g/mol. The predicted octanol–water partition coefficient (Wildman–Crippen LogP) is 2.92. The number of rotatable bonds is 4. The van der Waals surface area contributed by atoms with Gasteiger partial charge in [-0.05, 0) is 25.5 Å². The maximum absolute atomic E-state index is 11.2. The molecule has 0 saturated heterocycles. The number of alkyl halides is 1. The lowest BCUT2D eigenvalue weighted by atomic mass is 10.2. The fourth-order valence-corrected chi connectivity index (χ4v) is 1.13. The second-order valence-electron chi connectivity index (χ2n) is 3.08. The number of hydrogen-bond donors (Lipinski definition) is 0. The fraction of sp³-hybridized carbons (Fsp3) is 0.364. The van der Waals surface area contributed by atoms with Crippen LogP contribution in [0.5, 0.6) is 5.75 Å². The summed E-state index contributed by atoms with van der Waals surface area (Å²) in [5.74, 6) is 0.855. The third-order valence-corrected chi connectivity index (χ3v) is 2.03. The van der Waals surface area contributed by atoms with Crippen LogP contribution in [0.1, 0.15) is 18.4 Å². The third-order valence-electron chi connectivity index (χ3n) is 1.77. The molecule has 0 spiro atoms. The van der Waals surface area contributed by atoms with Crippen molar-refractivity contribution in [3.8, 4) is 5.75 Å². The van der Waals surface area contributed by atoms with Crippen LogP contribution in [0.15, 0.2) is 24.3 Å². The molecule has 1 aromatic carbocycles. The van der Waals surface area contributed by atoms with E-state index in [1.165, 1.54) is 0 Å². The molecule has 14 heavy (non-hydrogen) atoms. The molecule has 0 unspecified atom stereocenters. The van der Waals surface area contributed by atoms with E-state index >= 15 is 0 Å². The minimum Gasteiger partial charge on any atom is -0.427 e. The van der Waals surface area contributed by atoms with Gasteiger partial charge >= 0.3 is 5.97 Å². The number of ether oxygens (including phenoxy) is 1. The summed E-state index contributed by atoms with van der Waals surface area (Å²) in [6.07, 6.45) is 1.03. The Bertz CT molecular complexity index is 293. The van der Waals surface area contributed by atoms with Crippen LogP contribution in [-0.2, 0) is 4.79 Å². The predicted molar refractivity (Wildman–Crippen MR) is 56.8 cm³/mol. The van der Waals surface area contributed by atoms with Gasteiger partial charge in [0.2, 0.25) is 0 Å². The van der Waals surface area contributed by atoms with Crippen LogP contribution in [0, 0.1) is 6.92 Å². The lowest BCUT2D eigenvalue weighted by Crippen LogP contribution is -2.07. The zero-order valence-corrected chi connectivity index (χ0v) is 8.88. The van der Waals surface area contributed by atoms with E-state index in [2.05, 4.69) is 0 Å². The number of hydrogen-bond acceptors (Lipinski definition) is 2. The van der Waals surface area contributed by atoms with Gasteiger partial charge in [0.1, 0.15) is 5.75 Å². The summed E-state index contributed by atoms with van der Waals surface area (Å²) in [7, 11) is 0. The average Bonchev–Trinajstić information content (AvgIpc) is 2.18. The Morgan fingerprint density at radius 1 is 1.36 bits per heavy atom. The van der Waals surface area contributed by atoms with Crippen LogP contribution >= 0.6 is 11.6 Å². The maximum Gasteiger partial charge on any atom is 0.311 e. The summed E-state index contributed by atoms with van der Waals surface area (Å²) in [5.41, 5.74) is 1.14. The monoisotopic (exact) mass is 212 g/mol. The molecule has 0 bridgehead atoms. The van der Waals surface area contributed by atoms with Crippen LogP contribution in [0.25, 0.3) is 0 Å². The molecule has 0 aliphatic rings. The van der Waals surface area contributed by atoms with Crippen molar-refractivity contribution in [3.05, 3.63) is 29.8 Å². The van der Waals surface area contributed by atoms with Crippen molar-refractivity contribution in [1.29, 1.82) is 0 Å². The smallest absolute Gasteiger partial charge is 0.311 e. The highest BCUT2D eigenvalue weighted by Crippen LogP contribution is 2.12. The van der Waals surface area contributed by atoms with Crippen LogP contribution < -0.4 is 4.74 Å². The van der Waals surface area contributed by atoms with Crippen molar-refractivity contribution >= 4 is 17.6 Å². The fourth-order valence-electron chi connectivity index (χ4n) is 1.000. The van der Waals surface area contributed by atoms with Crippen molar-refractivity contribution in [3.63, 3.8) is 0 Å². The molecule has 0 aromatic heterocycles. The number of esters is 1. The number of carbonyl (C=O) groups excluding carboxylic acids is 1. The molecule has 1 aromatic rings. The van der Waals surface area contributed by atoms with Crippen molar-refractivity contribution in [2.75, 3.05) is 5.88 Å². The molecule has 0 radical (unpaired) electrons. The van der Waals surface area contributed by atoms with Gasteiger partial charge in [-0.25, -0.2) is 0 Å². The molecular formula is C11H13ClO2. The maximum atomic E-state index is 11.2. The Balaban J connectivity index is 2.44. The summed E-state index contributed by atoms with van der Waals surface area (Å²) in [5, 5.41) is 0. The van der Waals surface area contributed by atoms with Gasteiger partial charge in [-0.3, -0.25) is 4.79 Å².